The number of halogens is 1. The predicted octanol–water partition coefficient (Wildman–Crippen LogP) is 2.29. The minimum Gasteiger partial charge on any atom is -0.299 e. The van der Waals surface area contributed by atoms with E-state index in [0.29, 0.717) is 6.42 Å². The monoisotopic (exact) mass is 188 g/mol. The molecule has 0 saturated heterocycles. The Morgan fingerprint density at radius 3 is 2.25 bits per heavy atom. The van der Waals surface area contributed by atoms with Crippen LogP contribution < -0.4 is 0 Å². The molecule has 0 aromatic carbocycles. The molecular formula is C9H13ClO2. The van der Waals surface area contributed by atoms with Crippen molar-refractivity contribution in [3.63, 3.8) is 0 Å². The zero-order valence-electron chi connectivity index (χ0n) is 7.01. The molecule has 1 rings (SSSR count). The number of rotatable bonds is 4. The second kappa shape index (κ2) is 4.61. The molecule has 0 aromatic rings. The maximum atomic E-state index is 11.3. The molecule has 0 N–H and O–H groups in total. The van der Waals surface area contributed by atoms with Crippen molar-refractivity contribution >= 4 is 22.6 Å². The van der Waals surface area contributed by atoms with Gasteiger partial charge in [-0.3, -0.25) is 9.59 Å². The normalized spacial score (nSPS) is 18.1. The molecule has 0 radical (unpaired) electrons. The number of hydrogen-bond donors (Lipinski definition) is 0. The van der Waals surface area contributed by atoms with Crippen molar-refractivity contribution < 1.29 is 9.59 Å². The number of ketones is 1. The Bertz CT molecular complexity index is 183. The molecule has 0 bridgehead atoms. The highest BCUT2D eigenvalue weighted by Crippen LogP contribution is 2.26. The first-order valence-corrected chi connectivity index (χ1v) is 4.79. The molecule has 3 heteroatoms. The molecule has 0 heterocycles. The fraction of sp³-hybridized carbons (Fsp3) is 0.778. The molecular weight excluding hydrogens is 176 g/mol. The van der Waals surface area contributed by atoms with E-state index in [-0.39, 0.29) is 18.1 Å². The molecule has 2 nitrogen and oxygen atoms in total. The number of Topliss-reactive ketones (excluding diaryl/α,β-unsaturated/α-hetero) is 1. The number of carbonyl (C=O) groups excluding carboxylic acids is 2. The van der Waals surface area contributed by atoms with Crippen LogP contribution in [0.5, 0.6) is 0 Å². The summed E-state index contributed by atoms with van der Waals surface area (Å²) in [4.78, 5) is 21.7. The Morgan fingerprint density at radius 2 is 1.75 bits per heavy atom. The van der Waals surface area contributed by atoms with E-state index < -0.39 is 5.24 Å². The lowest BCUT2D eigenvalue weighted by molar-refractivity contribution is -0.124. The molecule has 1 saturated carbocycles. The maximum Gasteiger partial charge on any atom is 0.222 e. The SMILES string of the molecule is O=C(Cl)CCC(=O)C1CCCC1. The predicted molar refractivity (Wildman–Crippen MR) is 47.1 cm³/mol. The van der Waals surface area contributed by atoms with E-state index in [9.17, 15) is 9.59 Å². The van der Waals surface area contributed by atoms with Crippen LogP contribution in [-0.2, 0) is 9.59 Å². The topological polar surface area (TPSA) is 34.1 Å². The lowest BCUT2D eigenvalue weighted by Gasteiger charge is -2.05. The average molecular weight is 189 g/mol. The third-order valence-electron chi connectivity index (χ3n) is 2.38. The summed E-state index contributed by atoms with van der Waals surface area (Å²) < 4.78 is 0. The molecule has 0 atom stereocenters. The molecule has 1 fully saturated rings. The second-order valence-electron chi connectivity index (χ2n) is 3.30. The zero-order chi connectivity index (χ0) is 8.97. The summed E-state index contributed by atoms with van der Waals surface area (Å²) in [6, 6.07) is 0. The van der Waals surface area contributed by atoms with Gasteiger partial charge in [-0.25, -0.2) is 0 Å². The Hall–Kier alpha value is -0.370. The van der Waals surface area contributed by atoms with Gasteiger partial charge in [-0.15, -0.1) is 0 Å². The van der Waals surface area contributed by atoms with E-state index in [0.717, 1.165) is 25.7 Å². The number of hydrogen-bond acceptors (Lipinski definition) is 2. The molecule has 0 amide bonds. The Kier molecular flexibility index (Phi) is 3.73. The van der Waals surface area contributed by atoms with Gasteiger partial charge in [-0.1, -0.05) is 12.8 Å². The lowest BCUT2D eigenvalue weighted by Crippen LogP contribution is -2.11. The van der Waals surface area contributed by atoms with Crippen LogP contribution in [0.25, 0.3) is 0 Å². The minimum absolute atomic E-state index is 0.205. The first-order valence-electron chi connectivity index (χ1n) is 4.41. The summed E-state index contributed by atoms with van der Waals surface area (Å²) in [6.07, 6.45) is 4.88. The standard InChI is InChI=1S/C9H13ClO2/c10-9(12)6-5-8(11)7-3-1-2-4-7/h7H,1-6H2. The van der Waals surface area contributed by atoms with Gasteiger partial charge in [0.25, 0.3) is 0 Å². The van der Waals surface area contributed by atoms with Crippen LogP contribution in [0.1, 0.15) is 38.5 Å². The smallest absolute Gasteiger partial charge is 0.222 e. The van der Waals surface area contributed by atoms with Gasteiger partial charge < -0.3 is 0 Å². The van der Waals surface area contributed by atoms with Gasteiger partial charge in [0, 0.05) is 18.8 Å². The highest BCUT2D eigenvalue weighted by atomic mass is 35.5. The van der Waals surface area contributed by atoms with Crippen molar-refractivity contribution in [2.75, 3.05) is 0 Å². The second-order valence-corrected chi connectivity index (χ2v) is 3.72. The molecule has 68 valence electrons. The molecule has 12 heavy (non-hydrogen) atoms. The molecule has 0 aliphatic heterocycles. The van der Waals surface area contributed by atoms with Gasteiger partial charge in [0.05, 0.1) is 0 Å². The molecule has 1 aliphatic rings. The third-order valence-corrected chi connectivity index (χ3v) is 2.57. The van der Waals surface area contributed by atoms with Crippen LogP contribution in [0, 0.1) is 5.92 Å². The lowest BCUT2D eigenvalue weighted by atomic mass is 9.99. The summed E-state index contributed by atoms with van der Waals surface area (Å²) in [5, 5.41) is -0.402. The molecule has 0 aromatic heterocycles. The van der Waals surface area contributed by atoms with E-state index in [4.69, 9.17) is 11.6 Å². The average Bonchev–Trinajstić information content (AvgIpc) is 2.51. The van der Waals surface area contributed by atoms with E-state index in [1.54, 1.807) is 0 Å². The van der Waals surface area contributed by atoms with E-state index in [1.165, 1.54) is 0 Å². The van der Waals surface area contributed by atoms with Gasteiger partial charge in [0.2, 0.25) is 5.24 Å². The number of carbonyl (C=O) groups is 2. The maximum absolute atomic E-state index is 11.3. The third kappa shape index (κ3) is 2.94. The van der Waals surface area contributed by atoms with Gasteiger partial charge in [0.1, 0.15) is 5.78 Å². The summed E-state index contributed by atoms with van der Waals surface area (Å²) in [5.41, 5.74) is 0. The minimum atomic E-state index is -0.402. The van der Waals surface area contributed by atoms with E-state index in [2.05, 4.69) is 0 Å². The summed E-state index contributed by atoms with van der Waals surface area (Å²) >= 11 is 5.14. The largest absolute Gasteiger partial charge is 0.299 e. The molecule has 0 spiro atoms. The van der Waals surface area contributed by atoms with Crippen LogP contribution in [0.3, 0.4) is 0 Å². The zero-order valence-corrected chi connectivity index (χ0v) is 7.77. The van der Waals surface area contributed by atoms with Crippen molar-refractivity contribution in [3.8, 4) is 0 Å². The first-order chi connectivity index (χ1) is 5.70. The van der Waals surface area contributed by atoms with Crippen molar-refractivity contribution in [1.29, 1.82) is 0 Å². The van der Waals surface area contributed by atoms with Crippen molar-refractivity contribution in [2.45, 2.75) is 38.5 Å². The van der Waals surface area contributed by atoms with Gasteiger partial charge in [-0.2, -0.15) is 0 Å². The van der Waals surface area contributed by atoms with Crippen LogP contribution in [0.4, 0.5) is 0 Å². The molecule has 1 aliphatic carbocycles. The first kappa shape index (κ1) is 9.72. The van der Waals surface area contributed by atoms with Crippen LogP contribution >= 0.6 is 11.6 Å². The molecule has 0 unspecified atom stereocenters. The Balaban J connectivity index is 2.23. The van der Waals surface area contributed by atoms with Crippen LogP contribution in [0.15, 0.2) is 0 Å². The summed E-state index contributed by atoms with van der Waals surface area (Å²) in [6.45, 7) is 0. The van der Waals surface area contributed by atoms with Gasteiger partial charge in [-0.05, 0) is 24.4 Å². The fourth-order valence-electron chi connectivity index (χ4n) is 1.67. The summed E-state index contributed by atoms with van der Waals surface area (Å²) in [7, 11) is 0. The van der Waals surface area contributed by atoms with Gasteiger partial charge in [0.15, 0.2) is 0 Å². The van der Waals surface area contributed by atoms with Crippen molar-refractivity contribution in [2.24, 2.45) is 5.92 Å². The Labute approximate surface area is 77.3 Å². The fourth-order valence-corrected chi connectivity index (χ4v) is 1.77. The van der Waals surface area contributed by atoms with Gasteiger partial charge >= 0.3 is 0 Å². The highest BCUT2D eigenvalue weighted by Gasteiger charge is 2.22. The van der Waals surface area contributed by atoms with Crippen molar-refractivity contribution in [1.82, 2.24) is 0 Å². The highest BCUT2D eigenvalue weighted by molar-refractivity contribution is 6.63. The Morgan fingerprint density at radius 1 is 1.17 bits per heavy atom. The van der Waals surface area contributed by atoms with Crippen molar-refractivity contribution in [3.05, 3.63) is 0 Å². The van der Waals surface area contributed by atoms with Crippen LogP contribution in [-0.4, -0.2) is 11.0 Å². The van der Waals surface area contributed by atoms with E-state index >= 15 is 0 Å². The summed E-state index contributed by atoms with van der Waals surface area (Å²) in [5.74, 6) is 0.447. The quantitative estimate of drug-likeness (QED) is 0.635. The van der Waals surface area contributed by atoms with Crippen LogP contribution in [0.2, 0.25) is 0 Å². The van der Waals surface area contributed by atoms with E-state index in [1.807, 2.05) is 0 Å².